The molecule has 1 aromatic carbocycles. The van der Waals surface area contributed by atoms with Gasteiger partial charge in [0, 0.05) is 31.3 Å². The highest BCUT2D eigenvalue weighted by molar-refractivity contribution is 5.92. The summed E-state index contributed by atoms with van der Waals surface area (Å²) in [5.74, 6) is 0.563. The second kappa shape index (κ2) is 6.74. The molecule has 146 valence electrons. The molecule has 9 heteroatoms. The summed E-state index contributed by atoms with van der Waals surface area (Å²) in [6.45, 7) is 1.96. The SMILES string of the molecule is COc1ccc(-c2noc(C3(F)CCN(C(=O)c4cc(C)n(C)n4)C3)n2)cc1. The number of methoxy groups -OCH3 is 1. The van der Waals surface area contributed by atoms with Gasteiger partial charge in [0.05, 0.1) is 13.7 Å². The van der Waals surface area contributed by atoms with E-state index in [1.165, 1.54) is 4.90 Å². The predicted octanol–water partition coefficient (Wildman–Crippen LogP) is 2.50. The quantitative estimate of drug-likeness (QED) is 0.686. The van der Waals surface area contributed by atoms with Crippen molar-refractivity contribution >= 4 is 5.91 Å². The number of carbonyl (C=O) groups excluding carboxylic acids is 1. The van der Waals surface area contributed by atoms with Gasteiger partial charge in [0.1, 0.15) is 5.75 Å². The van der Waals surface area contributed by atoms with Crippen LogP contribution in [0.2, 0.25) is 0 Å². The molecule has 4 rings (SSSR count). The van der Waals surface area contributed by atoms with Crippen molar-refractivity contribution in [2.45, 2.75) is 19.0 Å². The average molecular weight is 385 g/mol. The van der Waals surface area contributed by atoms with Gasteiger partial charge < -0.3 is 14.2 Å². The van der Waals surface area contributed by atoms with Crippen LogP contribution in [-0.2, 0) is 12.7 Å². The minimum atomic E-state index is -1.88. The van der Waals surface area contributed by atoms with Crippen LogP contribution in [-0.4, -0.2) is 50.9 Å². The Morgan fingerprint density at radius 1 is 1.32 bits per heavy atom. The molecule has 0 N–H and O–H groups in total. The first kappa shape index (κ1) is 18.1. The molecule has 28 heavy (non-hydrogen) atoms. The highest BCUT2D eigenvalue weighted by Crippen LogP contribution is 2.36. The highest BCUT2D eigenvalue weighted by Gasteiger charge is 2.47. The third-order valence-corrected chi connectivity index (χ3v) is 5.00. The van der Waals surface area contributed by atoms with Crippen LogP contribution in [0, 0.1) is 6.92 Å². The van der Waals surface area contributed by atoms with Crippen LogP contribution in [0.4, 0.5) is 4.39 Å². The van der Waals surface area contributed by atoms with Gasteiger partial charge in [-0.15, -0.1) is 0 Å². The van der Waals surface area contributed by atoms with Crippen molar-refractivity contribution in [2.75, 3.05) is 20.2 Å². The van der Waals surface area contributed by atoms with E-state index in [9.17, 15) is 4.79 Å². The van der Waals surface area contributed by atoms with Crippen LogP contribution < -0.4 is 4.74 Å². The van der Waals surface area contributed by atoms with Gasteiger partial charge in [-0.05, 0) is 37.3 Å². The maximum atomic E-state index is 15.5. The minimum Gasteiger partial charge on any atom is -0.497 e. The Hall–Kier alpha value is -3.23. The topological polar surface area (TPSA) is 86.3 Å². The Labute approximate surface area is 160 Å². The lowest BCUT2D eigenvalue weighted by Gasteiger charge is -2.17. The summed E-state index contributed by atoms with van der Waals surface area (Å²) in [5, 5.41) is 8.06. The fourth-order valence-corrected chi connectivity index (χ4v) is 3.21. The first-order valence-corrected chi connectivity index (χ1v) is 8.87. The second-order valence-corrected chi connectivity index (χ2v) is 6.89. The zero-order chi connectivity index (χ0) is 19.9. The lowest BCUT2D eigenvalue weighted by atomic mass is 10.1. The number of aryl methyl sites for hydroxylation is 2. The molecule has 0 saturated carbocycles. The summed E-state index contributed by atoms with van der Waals surface area (Å²) in [6, 6.07) is 8.76. The van der Waals surface area contributed by atoms with Crippen molar-refractivity contribution in [3.8, 4) is 17.1 Å². The van der Waals surface area contributed by atoms with E-state index < -0.39 is 5.67 Å². The minimum absolute atomic E-state index is 0.0921. The number of likely N-dealkylation sites (tertiary alicyclic amines) is 1. The van der Waals surface area contributed by atoms with Crippen LogP contribution >= 0.6 is 0 Å². The number of rotatable bonds is 4. The standard InChI is InChI=1S/C19H20FN5O3/c1-12-10-15(22-24(12)2)17(26)25-9-8-19(20,11-25)18-21-16(23-28-18)13-4-6-14(27-3)7-5-13/h4-7,10H,8-9,11H2,1-3H3. The molecule has 8 nitrogen and oxygen atoms in total. The summed E-state index contributed by atoms with van der Waals surface area (Å²) < 4.78 is 27.4. The van der Waals surface area contributed by atoms with Crippen LogP contribution in [0.5, 0.6) is 5.75 Å². The van der Waals surface area contributed by atoms with Crippen molar-refractivity contribution in [1.82, 2.24) is 24.8 Å². The number of alkyl halides is 1. The van der Waals surface area contributed by atoms with Crippen molar-refractivity contribution in [1.29, 1.82) is 0 Å². The summed E-state index contributed by atoms with van der Waals surface area (Å²) in [5.41, 5.74) is -0.0323. The lowest BCUT2D eigenvalue weighted by Crippen LogP contribution is -2.32. The fraction of sp³-hybridized carbons (Fsp3) is 0.368. The molecule has 0 aliphatic carbocycles. The molecule has 1 aliphatic rings. The number of amides is 1. The number of hydrogen-bond donors (Lipinski definition) is 0. The van der Waals surface area contributed by atoms with Crippen LogP contribution in [0.3, 0.4) is 0 Å². The van der Waals surface area contributed by atoms with Crippen molar-refractivity contribution in [3.63, 3.8) is 0 Å². The van der Waals surface area contributed by atoms with Gasteiger partial charge in [-0.25, -0.2) is 4.39 Å². The molecule has 0 spiro atoms. The number of benzene rings is 1. The third-order valence-electron chi connectivity index (χ3n) is 5.00. The highest BCUT2D eigenvalue weighted by atomic mass is 19.1. The average Bonchev–Trinajstić information content (AvgIpc) is 3.42. The van der Waals surface area contributed by atoms with E-state index in [1.54, 1.807) is 49.2 Å². The first-order valence-electron chi connectivity index (χ1n) is 8.87. The maximum absolute atomic E-state index is 15.5. The summed E-state index contributed by atoms with van der Waals surface area (Å²) in [7, 11) is 3.34. The Morgan fingerprint density at radius 2 is 2.07 bits per heavy atom. The Kier molecular flexibility index (Phi) is 4.37. The third kappa shape index (κ3) is 3.12. The zero-order valence-electron chi connectivity index (χ0n) is 15.8. The van der Waals surface area contributed by atoms with Crippen LogP contribution in [0.15, 0.2) is 34.9 Å². The summed E-state index contributed by atoms with van der Waals surface area (Å²) >= 11 is 0. The lowest BCUT2D eigenvalue weighted by molar-refractivity contribution is 0.0710. The fourth-order valence-electron chi connectivity index (χ4n) is 3.21. The Bertz CT molecular complexity index is 994. The van der Waals surface area contributed by atoms with Gasteiger partial charge in [0.2, 0.25) is 11.5 Å². The van der Waals surface area contributed by atoms with E-state index in [0.717, 1.165) is 5.69 Å². The van der Waals surface area contributed by atoms with Crippen LogP contribution in [0.1, 0.15) is 28.5 Å². The number of aromatic nitrogens is 4. The normalized spacial score (nSPS) is 19.2. The van der Waals surface area contributed by atoms with Gasteiger partial charge >= 0.3 is 0 Å². The smallest absolute Gasteiger partial charge is 0.274 e. The molecule has 3 aromatic rings. The van der Waals surface area contributed by atoms with Crippen LogP contribution in [0.25, 0.3) is 11.4 Å². The molecular formula is C19H20FN5O3. The molecule has 0 radical (unpaired) electrons. The first-order chi connectivity index (χ1) is 13.4. The number of ether oxygens (including phenoxy) is 1. The van der Waals surface area contributed by atoms with Crippen molar-refractivity contribution < 1.29 is 18.4 Å². The Balaban J connectivity index is 1.51. The van der Waals surface area contributed by atoms with E-state index in [1.807, 2.05) is 6.92 Å². The van der Waals surface area contributed by atoms with E-state index in [0.29, 0.717) is 22.8 Å². The molecule has 0 bridgehead atoms. The van der Waals surface area contributed by atoms with E-state index in [4.69, 9.17) is 9.26 Å². The molecule has 1 unspecified atom stereocenters. The number of carbonyl (C=O) groups is 1. The molecule has 2 aromatic heterocycles. The predicted molar refractivity (Wildman–Crippen MR) is 97.5 cm³/mol. The molecule has 1 atom stereocenters. The maximum Gasteiger partial charge on any atom is 0.274 e. The number of nitrogens with zero attached hydrogens (tertiary/aromatic N) is 5. The van der Waals surface area contributed by atoms with E-state index >= 15 is 4.39 Å². The molecular weight excluding hydrogens is 365 g/mol. The summed E-state index contributed by atoms with van der Waals surface area (Å²) in [6.07, 6.45) is 0.0921. The number of hydrogen-bond acceptors (Lipinski definition) is 6. The van der Waals surface area contributed by atoms with Gasteiger partial charge in [0.15, 0.2) is 5.69 Å². The van der Waals surface area contributed by atoms with Crippen molar-refractivity contribution in [3.05, 3.63) is 47.6 Å². The molecule has 3 heterocycles. The Morgan fingerprint density at radius 3 is 2.71 bits per heavy atom. The van der Waals surface area contributed by atoms with Gasteiger partial charge in [-0.3, -0.25) is 9.48 Å². The molecule has 1 amide bonds. The monoisotopic (exact) mass is 385 g/mol. The van der Waals surface area contributed by atoms with Gasteiger partial charge in [0.25, 0.3) is 11.8 Å². The number of halogens is 1. The zero-order valence-corrected chi connectivity index (χ0v) is 15.8. The largest absolute Gasteiger partial charge is 0.497 e. The molecule has 1 saturated heterocycles. The molecule has 1 fully saturated rings. The summed E-state index contributed by atoms with van der Waals surface area (Å²) in [4.78, 5) is 18.3. The molecule has 1 aliphatic heterocycles. The van der Waals surface area contributed by atoms with Crippen molar-refractivity contribution in [2.24, 2.45) is 7.05 Å². The van der Waals surface area contributed by atoms with E-state index in [-0.39, 0.29) is 31.3 Å². The van der Waals surface area contributed by atoms with E-state index in [2.05, 4.69) is 15.2 Å². The van der Waals surface area contributed by atoms with Gasteiger partial charge in [-0.1, -0.05) is 5.16 Å². The van der Waals surface area contributed by atoms with Gasteiger partial charge in [-0.2, -0.15) is 10.1 Å². The second-order valence-electron chi connectivity index (χ2n) is 6.89.